The Labute approximate surface area is 123 Å². The summed E-state index contributed by atoms with van der Waals surface area (Å²) in [5.41, 5.74) is 0. The van der Waals surface area contributed by atoms with Gasteiger partial charge >= 0.3 is 0 Å². The van der Waals surface area contributed by atoms with Crippen LogP contribution in [0.15, 0.2) is 36.5 Å². The van der Waals surface area contributed by atoms with Crippen LogP contribution in [0.1, 0.15) is 45.4 Å². The fourth-order valence-electron chi connectivity index (χ4n) is 3.33. The van der Waals surface area contributed by atoms with Gasteiger partial charge in [0.15, 0.2) is 0 Å². The second-order valence-electron chi connectivity index (χ2n) is 6.03. The highest BCUT2D eigenvalue weighted by Gasteiger charge is 2.23. The molecule has 0 aromatic rings. The van der Waals surface area contributed by atoms with Gasteiger partial charge < -0.3 is 5.32 Å². The molecule has 2 aliphatic rings. The summed E-state index contributed by atoms with van der Waals surface area (Å²) in [6, 6.07) is 0. The van der Waals surface area contributed by atoms with Gasteiger partial charge in [-0.25, -0.2) is 0 Å². The summed E-state index contributed by atoms with van der Waals surface area (Å²) >= 11 is 0. The summed E-state index contributed by atoms with van der Waals surface area (Å²) in [5, 5.41) is 3.09. The third-order valence-electron chi connectivity index (χ3n) is 4.64. The molecule has 1 saturated carbocycles. The zero-order valence-corrected chi connectivity index (χ0v) is 12.6. The fraction of sp³-hybridized carbons (Fsp3) is 0.611. The molecule has 3 atom stereocenters. The van der Waals surface area contributed by atoms with Crippen LogP contribution in [0, 0.1) is 17.8 Å². The third kappa shape index (κ3) is 4.66. The second kappa shape index (κ2) is 8.08. The molecule has 2 aliphatic carbocycles. The second-order valence-corrected chi connectivity index (χ2v) is 6.03. The molecule has 0 spiro atoms. The fourth-order valence-corrected chi connectivity index (χ4v) is 3.33. The van der Waals surface area contributed by atoms with Gasteiger partial charge in [0.1, 0.15) is 0 Å². The first kappa shape index (κ1) is 15.1. The lowest BCUT2D eigenvalue weighted by Gasteiger charge is -2.30. The largest absolute Gasteiger partial charge is 0.352 e. The van der Waals surface area contributed by atoms with E-state index in [1.807, 2.05) is 12.2 Å². The molecule has 0 bridgehead atoms. The monoisotopic (exact) mass is 273 g/mol. The molecule has 1 fully saturated rings. The maximum atomic E-state index is 11.9. The lowest BCUT2D eigenvalue weighted by Crippen LogP contribution is -2.33. The predicted octanol–water partition coefficient (Wildman–Crippen LogP) is 4.01. The summed E-state index contributed by atoms with van der Waals surface area (Å²) in [4.78, 5) is 11.9. The highest BCUT2D eigenvalue weighted by atomic mass is 16.1. The van der Waals surface area contributed by atoms with Crippen molar-refractivity contribution in [3.8, 4) is 0 Å². The Hall–Kier alpha value is -1.31. The highest BCUT2D eigenvalue weighted by molar-refractivity contribution is 5.87. The maximum Gasteiger partial charge on any atom is 0.243 e. The van der Waals surface area contributed by atoms with E-state index in [2.05, 4.69) is 30.5 Å². The molecule has 0 saturated heterocycles. The molecule has 0 aromatic heterocycles. The summed E-state index contributed by atoms with van der Waals surface area (Å²) in [6.45, 7) is 3.12. The zero-order chi connectivity index (χ0) is 14.2. The summed E-state index contributed by atoms with van der Waals surface area (Å²) in [7, 11) is 0. The Balaban J connectivity index is 1.72. The van der Waals surface area contributed by atoms with Crippen molar-refractivity contribution in [1.29, 1.82) is 0 Å². The average molecular weight is 273 g/mol. The van der Waals surface area contributed by atoms with Crippen LogP contribution in [0.25, 0.3) is 0 Å². The minimum Gasteiger partial charge on any atom is -0.352 e. The van der Waals surface area contributed by atoms with E-state index in [1.165, 1.54) is 32.1 Å². The molecule has 1 amide bonds. The van der Waals surface area contributed by atoms with Crippen LogP contribution in [-0.4, -0.2) is 12.5 Å². The van der Waals surface area contributed by atoms with E-state index in [-0.39, 0.29) is 5.91 Å². The van der Waals surface area contributed by atoms with Crippen molar-refractivity contribution in [2.24, 2.45) is 17.8 Å². The Kier molecular flexibility index (Phi) is 6.10. The summed E-state index contributed by atoms with van der Waals surface area (Å²) in [5.74, 6) is 1.93. The Morgan fingerprint density at radius 1 is 1.25 bits per heavy atom. The number of hydrogen-bond donors (Lipinski definition) is 1. The van der Waals surface area contributed by atoms with Crippen LogP contribution in [0.3, 0.4) is 0 Å². The van der Waals surface area contributed by atoms with E-state index < -0.39 is 0 Å². The lowest BCUT2D eigenvalue weighted by molar-refractivity contribution is -0.116. The van der Waals surface area contributed by atoms with Crippen molar-refractivity contribution in [2.45, 2.75) is 45.4 Å². The van der Waals surface area contributed by atoms with E-state index in [9.17, 15) is 4.79 Å². The van der Waals surface area contributed by atoms with Gasteiger partial charge in [-0.15, -0.1) is 0 Å². The van der Waals surface area contributed by atoms with Crippen molar-refractivity contribution >= 4 is 5.91 Å². The first-order valence-corrected chi connectivity index (χ1v) is 8.09. The standard InChI is InChI=1S/C18H27NO/c1-2-16-10-6-7-11-17(16)14-19-18(20)13-12-15-8-4-3-5-9-15/h3-5,8,12-13,15-17H,2,6-7,9-11,14H2,1H3,(H,19,20)/b13-12+. The minimum absolute atomic E-state index is 0.0633. The molecular formula is C18H27NO. The van der Waals surface area contributed by atoms with Crippen molar-refractivity contribution in [1.82, 2.24) is 5.32 Å². The quantitative estimate of drug-likeness (QED) is 0.753. The predicted molar refractivity (Wildman–Crippen MR) is 84.3 cm³/mol. The van der Waals surface area contributed by atoms with Crippen LogP contribution < -0.4 is 5.32 Å². The van der Waals surface area contributed by atoms with Crippen LogP contribution in [0.4, 0.5) is 0 Å². The van der Waals surface area contributed by atoms with Crippen LogP contribution in [-0.2, 0) is 4.79 Å². The molecule has 2 rings (SSSR count). The maximum absolute atomic E-state index is 11.9. The Morgan fingerprint density at radius 2 is 2.05 bits per heavy atom. The first-order chi connectivity index (χ1) is 9.79. The number of rotatable bonds is 5. The topological polar surface area (TPSA) is 29.1 Å². The Bertz CT molecular complexity index is 394. The number of carbonyl (C=O) groups is 1. The van der Waals surface area contributed by atoms with Gasteiger partial charge in [-0.05, 0) is 36.7 Å². The van der Waals surface area contributed by atoms with Crippen molar-refractivity contribution in [3.05, 3.63) is 36.5 Å². The Morgan fingerprint density at radius 3 is 2.75 bits per heavy atom. The highest BCUT2D eigenvalue weighted by Crippen LogP contribution is 2.31. The molecule has 1 N–H and O–H groups in total. The number of nitrogens with one attached hydrogen (secondary N) is 1. The van der Waals surface area contributed by atoms with Gasteiger partial charge in [-0.2, -0.15) is 0 Å². The van der Waals surface area contributed by atoms with E-state index in [0.29, 0.717) is 11.8 Å². The first-order valence-electron chi connectivity index (χ1n) is 8.09. The number of allylic oxidation sites excluding steroid dienone is 5. The molecule has 0 radical (unpaired) electrons. The van der Waals surface area contributed by atoms with Gasteiger partial charge in [0, 0.05) is 6.54 Å². The molecule has 0 aliphatic heterocycles. The van der Waals surface area contributed by atoms with E-state index >= 15 is 0 Å². The molecule has 110 valence electrons. The third-order valence-corrected chi connectivity index (χ3v) is 4.64. The zero-order valence-electron chi connectivity index (χ0n) is 12.6. The number of carbonyl (C=O) groups excluding carboxylic acids is 1. The number of amides is 1. The van der Waals surface area contributed by atoms with Crippen molar-refractivity contribution < 1.29 is 4.79 Å². The number of hydrogen-bond acceptors (Lipinski definition) is 1. The van der Waals surface area contributed by atoms with Gasteiger partial charge in [-0.3, -0.25) is 4.79 Å². The van der Waals surface area contributed by atoms with Crippen molar-refractivity contribution in [2.75, 3.05) is 6.54 Å². The molecule has 0 heterocycles. The molecule has 2 heteroatoms. The SMILES string of the molecule is CCC1CCCCC1CNC(=O)/C=C/C1C=CC=CC1. The molecule has 3 unspecified atom stereocenters. The van der Waals surface area contributed by atoms with Crippen LogP contribution in [0.5, 0.6) is 0 Å². The van der Waals surface area contributed by atoms with Gasteiger partial charge in [-0.1, -0.05) is 63.0 Å². The smallest absolute Gasteiger partial charge is 0.243 e. The van der Waals surface area contributed by atoms with Gasteiger partial charge in [0.2, 0.25) is 5.91 Å². The van der Waals surface area contributed by atoms with E-state index in [4.69, 9.17) is 0 Å². The van der Waals surface area contributed by atoms with E-state index in [1.54, 1.807) is 6.08 Å². The van der Waals surface area contributed by atoms with Gasteiger partial charge in [0.05, 0.1) is 0 Å². The lowest BCUT2D eigenvalue weighted by atomic mass is 9.78. The summed E-state index contributed by atoms with van der Waals surface area (Å²) < 4.78 is 0. The average Bonchev–Trinajstić information content (AvgIpc) is 2.52. The van der Waals surface area contributed by atoms with E-state index in [0.717, 1.165) is 18.9 Å². The molecule has 2 nitrogen and oxygen atoms in total. The van der Waals surface area contributed by atoms with Gasteiger partial charge in [0.25, 0.3) is 0 Å². The van der Waals surface area contributed by atoms with Crippen LogP contribution >= 0.6 is 0 Å². The normalized spacial score (nSPS) is 29.8. The van der Waals surface area contributed by atoms with Crippen LogP contribution in [0.2, 0.25) is 0 Å². The minimum atomic E-state index is 0.0633. The molecule has 20 heavy (non-hydrogen) atoms. The molecule has 0 aromatic carbocycles. The molecular weight excluding hydrogens is 246 g/mol. The summed E-state index contributed by atoms with van der Waals surface area (Å²) in [6.07, 6.45) is 19.6. The van der Waals surface area contributed by atoms with Crippen molar-refractivity contribution in [3.63, 3.8) is 0 Å².